The number of anilines is 1. The van der Waals surface area contributed by atoms with Gasteiger partial charge in [0.05, 0.1) is 21.3 Å². The molecule has 3 aromatic rings. The SMILES string of the molecule is O=S(=O)(Nc1ccc(F)c(Cl)c1)c1ccc(-c2ccn[nH]2)s1. The fourth-order valence-electron chi connectivity index (χ4n) is 1.77. The predicted octanol–water partition coefficient (Wildman–Crippen LogP) is 3.73. The lowest BCUT2D eigenvalue weighted by atomic mass is 10.3. The van der Waals surface area contributed by atoms with Crippen LogP contribution in [0.2, 0.25) is 5.02 Å². The molecule has 0 saturated heterocycles. The van der Waals surface area contributed by atoms with E-state index in [1.54, 1.807) is 18.3 Å². The summed E-state index contributed by atoms with van der Waals surface area (Å²) in [6.07, 6.45) is 1.59. The molecule has 1 aromatic carbocycles. The summed E-state index contributed by atoms with van der Waals surface area (Å²) in [5.41, 5.74) is 0.930. The van der Waals surface area contributed by atoms with Gasteiger partial charge in [0.15, 0.2) is 0 Å². The Kier molecular flexibility index (Phi) is 3.90. The van der Waals surface area contributed by atoms with Crippen LogP contribution < -0.4 is 4.72 Å². The summed E-state index contributed by atoms with van der Waals surface area (Å²) >= 11 is 6.74. The van der Waals surface area contributed by atoms with E-state index in [4.69, 9.17) is 11.6 Å². The highest BCUT2D eigenvalue weighted by molar-refractivity contribution is 7.94. The molecule has 22 heavy (non-hydrogen) atoms. The number of aromatic amines is 1. The maximum absolute atomic E-state index is 13.1. The number of aromatic nitrogens is 2. The summed E-state index contributed by atoms with van der Waals surface area (Å²) in [4.78, 5) is 0.745. The lowest BCUT2D eigenvalue weighted by Gasteiger charge is -2.06. The maximum Gasteiger partial charge on any atom is 0.271 e. The van der Waals surface area contributed by atoms with Crippen LogP contribution >= 0.6 is 22.9 Å². The van der Waals surface area contributed by atoms with Crippen LogP contribution in [0.5, 0.6) is 0 Å². The van der Waals surface area contributed by atoms with Gasteiger partial charge in [-0.25, -0.2) is 12.8 Å². The van der Waals surface area contributed by atoms with Crippen molar-refractivity contribution in [2.24, 2.45) is 0 Å². The van der Waals surface area contributed by atoms with Crippen molar-refractivity contribution in [1.29, 1.82) is 0 Å². The molecule has 9 heteroatoms. The van der Waals surface area contributed by atoms with Crippen LogP contribution in [-0.4, -0.2) is 18.6 Å². The van der Waals surface area contributed by atoms with E-state index in [-0.39, 0.29) is 14.9 Å². The molecule has 0 radical (unpaired) electrons. The fraction of sp³-hybridized carbons (Fsp3) is 0. The Balaban J connectivity index is 1.88. The number of halogens is 2. The first kappa shape index (κ1) is 15.0. The smallest absolute Gasteiger partial charge is 0.271 e. The Morgan fingerprint density at radius 2 is 2.05 bits per heavy atom. The van der Waals surface area contributed by atoms with Crippen LogP contribution in [0.3, 0.4) is 0 Å². The van der Waals surface area contributed by atoms with E-state index < -0.39 is 15.8 Å². The molecule has 3 rings (SSSR count). The second kappa shape index (κ2) is 5.71. The van der Waals surface area contributed by atoms with Gasteiger partial charge in [0.25, 0.3) is 10.0 Å². The van der Waals surface area contributed by atoms with Gasteiger partial charge in [-0.15, -0.1) is 11.3 Å². The molecule has 0 unspecified atom stereocenters. The number of nitrogens with zero attached hydrogens (tertiary/aromatic N) is 1. The topological polar surface area (TPSA) is 74.8 Å². The summed E-state index contributed by atoms with van der Waals surface area (Å²) in [6, 6.07) is 8.55. The molecule has 0 aliphatic carbocycles. The molecule has 0 fully saturated rings. The molecule has 114 valence electrons. The first-order chi connectivity index (χ1) is 10.5. The zero-order valence-electron chi connectivity index (χ0n) is 10.9. The molecule has 5 nitrogen and oxygen atoms in total. The van der Waals surface area contributed by atoms with Gasteiger partial charge in [-0.2, -0.15) is 5.10 Å². The zero-order valence-corrected chi connectivity index (χ0v) is 13.3. The molecular formula is C13H9ClFN3O2S2. The van der Waals surface area contributed by atoms with Gasteiger partial charge >= 0.3 is 0 Å². The van der Waals surface area contributed by atoms with Crippen molar-refractivity contribution in [1.82, 2.24) is 10.2 Å². The molecule has 0 atom stereocenters. The van der Waals surface area contributed by atoms with Crippen LogP contribution in [0, 0.1) is 5.82 Å². The number of H-pyrrole nitrogens is 1. The highest BCUT2D eigenvalue weighted by Gasteiger charge is 2.18. The molecule has 2 N–H and O–H groups in total. The van der Waals surface area contributed by atoms with Gasteiger partial charge in [0.1, 0.15) is 10.0 Å². The Bertz CT molecular complexity index is 907. The van der Waals surface area contributed by atoms with E-state index in [9.17, 15) is 12.8 Å². The summed E-state index contributed by atoms with van der Waals surface area (Å²) in [5, 5.41) is 6.44. The number of sulfonamides is 1. The molecule has 0 amide bonds. The second-order valence-corrected chi connectivity index (χ2v) is 7.72. The van der Waals surface area contributed by atoms with Crippen molar-refractivity contribution in [3.8, 4) is 10.6 Å². The van der Waals surface area contributed by atoms with Gasteiger partial charge in [-0.05, 0) is 36.4 Å². The highest BCUT2D eigenvalue weighted by Crippen LogP contribution is 2.30. The van der Waals surface area contributed by atoms with Crippen molar-refractivity contribution in [3.63, 3.8) is 0 Å². The predicted molar refractivity (Wildman–Crippen MR) is 84.1 cm³/mol. The first-order valence-electron chi connectivity index (χ1n) is 6.03. The normalized spacial score (nSPS) is 11.5. The van der Waals surface area contributed by atoms with Gasteiger partial charge in [0.2, 0.25) is 0 Å². The number of benzene rings is 1. The number of rotatable bonds is 4. The van der Waals surface area contributed by atoms with Crippen molar-refractivity contribution < 1.29 is 12.8 Å². The van der Waals surface area contributed by atoms with Crippen LogP contribution in [0.15, 0.2) is 46.8 Å². The van der Waals surface area contributed by atoms with Gasteiger partial charge < -0.3 is 0 Å². The number of nitrogens with one attached hydrogen (secondary N) is 2. The third-order valence-electron chi connectivity index (χ3n) is 2.78. The molecular weight excluding hydrogens is 349 g/mol. The largest absolute Gasteiger partial charge is 0.279 e. The monoisotopic (exact) mass is 357 g/mol. The summed E-state index contributed by atoms with van der Waals surface area (Å²) < 4.78 is 40.2. The van der Waals surface area contributed by atoms with E-state index in [2.05, 4.69) is 14.9 Å². The molecule has 0 saturated carbocycles. The van der Waals surface area contributed by atoms with Gasteiger partial charge in [0, 0.05) is 6.20 Å². The van der Waals surface area contributed by atoms with E-state index in [0.29, 0.717) is 0 Å². The molecule has 2 heterocycles. The first-order valence-corrected chi connectivity index (χ1v) is 8.71. The highest BCUT2D eigenvalue weighted by atomic mass is 35.5. The minimum atomic E-state index is -3.76. The van der Waals surface area contributed by atoms with E-state index >= 15 is 0 Å². The number of hydrogen-bond donors (Lipinski definition) is 2. The van der Waals surface area contributed by atoms with Crippen molar-refractivity contribution >= 4 is 38.6 Å². The molecule has 0 aliphatic heterocycles. The summed E-state index contributed by atoms with van der Waals surface area (Å²) in [7, 11) is -3.76. The van der Waals surface area contributed by atoms with Gasteiger partial charge in [-0.3, -0.25) is 9.82 Å². The van der Waals surface area contributed by atoms with E-state index in [1.807, 2.05) is 0 Å². The fourth-order valence-corrected chi connectivity index (χ4v) is 4.28. The standard InChI is InChI=1S/C13H9ClFN3O2S2/c14-9-7-8(1-2-10(9)15)18-22(19,20)13-4-3-12(21-13)11-5-6-16-17-11/h1-7,18H,(H,16,17). The zero-order chi connectivity index (χ0) is 15.7. The Hall–Kier alpha value is -1.90. The van der Waals surface area contributed by atoms with Crippen LogP contribution in [0.4, 0.5) is 10.1 Å². The van der Waals surface area contributed by atoms with Crippen molar-refractivity contribution in [3.05, 3.63) is 53.4 Å². The third kappa shape index (κ3) is 2.99. The molecule has 0 bridgehead atoms. The molecule has 2 aromatic heterocycles. The Morgan fingerprint density at radius 1 is 1.23 bits per heavy atom. The minimum absolute atomic E-state index is 0.137. The van der Waals surface area contributed by atoms with Crippen molar-refractivity contribution in [2.45, 2.75) is 4.21 Å². The molecule has 0 spiro atoms. The lowest BCUT2D eigenvalue weighted by molar-refractivity contribution is 0.603. The lowest BCUT2D eigenvalue weighted by Crippen LogP contribution is -2.11. The van der Waals surface area contributed by atoms with Gasteiger partial charge in [-0.1, -0.05) is 11.6 Å². The molecule has 0 aliphatic rings. The number of hydrogen-bond acceptors (Lipinski definition) is 4. The van der Waals surface area contributed by atoms with Crippen LogP contribution in [-0.2, 0) is 10.0 Å². The second-order valence-electron chi connectivity index (χ2n) is 4.32. The van der Waals surface area contributed by atoms with Crippen molar-refractivity contribution in [2.75, 3.05) is 4.72 Å². The minimum Gasteiger partial charge on any atom is -0.279 e. The maximum atomic E-state index is 13.1. The summed E-state index contributed by atoms with van der Waals surface area (Å²) in [6.45, 7) is 0. The van der Waals surface area contributed by atoms with E-state index in [0.717, 1.165) is 28.0 Å². The third-order valence-corrected chi connectivity index (χ3v) is 6.07. The Morgan fingerprint density at radius 3 is 2.73 bits per heavy atom. The average molecular weight is 358 g/mol. The number of thiophene rings is 1. The quantitative estimate of drug-likeness (QED) is 0.747. The average Bonchev–Trinajstić information content (AvgIpc) is 3.12. The Labute approximate surface area is 134 Å². The summed E-state index contributed by atoms with van der Waals surface area (Å²) in [5.74, 6) is -0.609. The van der Waals surface area contributed by atoms with Crippen LogP contribution in [0.25, 0.3) is 10.6 Å². The van der Waals surface area contributed by atoms with Crippen LogP contribution in [0.1, 0.15) is 0 Å². The van der Waals surface area contributed by atoms with E-state index in [1.165, 1.54) is 18.2 Å².